The van der Waals surface area contributed by atoms with E-state index in [1.165, 1.54) is 19.2 Å². The number of urea groups is 1. The minimum Gasteiger partial charge on any atom is -0.497 e. The number of nitrogens with two attached hydrogens (primary N) is 1. The van der Waals surface area contributed by atoms with Crippen LogP contribution in [0.5, 0.6) is 11.5 Å². The van der Waals surface area contributed by atoms with Crippen molar-refractivity contribution in [2.75, 3.05) is 19.1 Å². The number of nitrogens with zero attached hydrogens (tertiary/aromatic N) is 2. The van der Waals surface area contributed by atoms with Crippen LogP contribution < -0.4 is 25.6 Å². The number of methoxy groups -OCH3 is 2. The number of benzene rings is 3. The van der Waals surface area contributed by atoms with E-state index < -0.39 is 11.9 Å². The van der Waals surface area contributed by atoms with Crippen LogP contribution in [0.3, 0.4) is 0 Å². The van der Waals surface area contributed by atoms with Gasteiger partial charge in [-0.2, -0.15) is 5.10 Å². The highest BCUT2D eigenvalue weighted by molar-refractivity contribution is 6.30. The van der Waals surface area contributed by atoms with E-state index in [4.69, 9.17) is 15.3 Å². The molecular formula is C26H21N5O5. The summed E-state index contributed by atoms with van der Waals surface area (Å²) < 4.78 is 10.5. The van der Waals surface area contributed by atoms with Gasteiger partial charge in [0.15, 0.2) is 5.78 Å². The molecule has 5 rings (SSSR count). The summed E-state index contributed by atoms with van der Waals surface area (Å²) in [6, 6.07) is 17.6. The van der Waals surface area contributed by atoms with Crippen LogP contribution in [0.15, 0.2) is 66.7 Å². The molecule has 0 unspecified atom stereocenters. The molecule has 0 saturated heterocycles. The van der Waals surface area contributed by atoms with Crippen LogP contribution in [0, 0.1) is 0 Å². The number of aromatic amines is 1. The fourth-order valence-corrected chi connectivity index (χ4v) is 4.33. The largest absolute Gasteiger partial charge is 0.497 e. The Morgan fingerprint density at radius 3 is 2.39 bits per heavy atom. The van der Waals surface area contributed by atoms with Crippen LogP contribution in [0.1, 0.15) is 26.3 Å². The highest BCUT2D eigenvalue weighted by Crippen LogP contribution is 2.44. The average molecular weight is 483 g/mol. The van der Waals surface area contributed by atoms with E-state index in [0.29, 0.717) is 28.3 Å². The Labute approximate surface area is 205 Å². The van der Waals surface area contributed by atoms with Gasteiger partial charge in [0.1, 0.15) is 17.2 Å². The topological polar surface area (TPSA) is 140 Å². The van der Waals surface area contributed by atoms with Gasteiger partial charge in [-0.15, -0.1) is 0 Å². The molecule has 0 fully saturated rings. The number of imide groups is 1. The first kappa shape index (κ1) is 22.8. The molecular weight excluding hydrogens is 462 g/mol. The zero-order valence-corrected chi connectivity index (χ0v) is 19.4. The van der Waals surface area contributed by atoms with Crippen molar-refractivity contribution in [3.63, 3.8) is 0 Å². The summed E-state index contributed by atoms with van der Waals surface area (Å²) in [7, 11) is 2.99. The number of nitrogens with one attached hydrogen (secondary N) is 2. The number of anilines is 1. The molecule has 4 aromatic rings. The molecule has 1 aromatic heterocycles. The molecule has 1 aliphatic carbocycles. The summed E-state index contributed by atoms with van der Waals surface area (Å²) in [5.74, 6) is 5.28. The summed E-state index contributed by atoms with van der Waals surface area (Å²) in [5.41, 5.74) is 4.90. The lowest BCUT2D eigenvalue weighted by molar-refractivity contribution is 0.0990. The Bertz CT molecular complexity index is 1510. The highest BCUT2D eigenvalue weighted by Gasteiger charge is 2.38. The molecule has 0 bridgehead atoms. The molecule has 10 heteroatoms. The molecule has 36 heavy (non-hydrogen) atoms. The number of aromatic nitrogens is 2. The fraction of sp³-hybridized carbons (Fsp3) is 0.0769. The fourth-order valence-electron chi connectivity index (χ4n) is 4.33. The van der Waals surface area contributed by atoms with Crippen LogP contribution in [-0.4, -0.2) is 42.1 Å². The van der Waals surface area contributed by atoms with Crippen molar-refractivity contribution in [1.82, 2.24) is 15.6 Å². The quantitative estimate of drug-likeness (QED) is 0.197. The van der Waals surface area contributed by atoms with Gasteiger partial charge in [0.05, 0.1) is 42.3 Å². The van der Waals surface area contributed by atoms with E-state index in [-0.39, 0.29) is 28.3 Å². The Hall–Kier alpha value is -4.96. The van der Waals surface area contributed by atoms with Crippen molar-refractivity contribution in [2.45, 2.75) is 0 Å². The van der Waals surface area contributed by atoms with Gasteiger partial charge in [0, 0.05) is 11.1 Å². The maximum absolute atomic E-state index is 13.8. The summed E-state index contributed by atoms with van der Waals surface area (Å²) in [6.45, 7) is 0. The lowest BCUT2D eigenvalue weighted by Crippen LogP contribution is -2.47. The number of hydrogen-bond donors (Lipinski definition) is 3. The number of carbonyl (C=O) groups excluding carboxylic acids is 3. The number of hydrazine groups is 1. The van der Waals surface area contributed by atoms with E-state index in [9.17, 15) is 14.4 Å². The third-order valence-electron chi connectivity index (χ3n) is 6.00. The molecule has 0 atom stereocenters. The van der Waals surface area contributed by atoms with Crippen LogP contribution in [0.2, 0.25) is 0 Å². The van der Waals surface area contributed by atoms with Crippen LogP contribution in [0.25, 0.3) is 22.5 Å². The monoisotopic (exact) mass is 483 g/mol. The predicted octanol–water partition coefficient (Wildman–Crippen LogP) is 3.54. The Kier molecular flexibility index (Phi) is 5.71. The Balaban J connectivity index is 1.63. The van der Waals surface area contributed by atoms with E-state index >= 15 is 0 Å². The first-order valence-corrected chi connectivity index (χ1v) is 10.9. The number of ketones is 1. The lowest BCUT2D eigenvalue weighted by Gasteiger charge is -2.23. The third-order valence-corrected chi connectivity index (χ3v) is 6.00. The van der Waals surface area contributed by atoms with Gasteiger partial charge in [0.2, 0.25) is 0 Å². The number of para-hydroxylation sites is 1. The van der Waals surface area contributed by atoms with Crippen molar-refractivity contribution in [1.29, 1.82) is 0 Å². The van der Waals surface area contributed by atoms with Crippen LogP contribution in [-0.2, 0) is 0 Å². The van der Waals surface area contributed by atoms with E-state index in [1.807, 2.05) is 17.6 Å². The lowest BCUT2D eigenvalue weighted by atomic mass is 10.0. The number of ether oxygens (including phenoxy) is 2. The van der Waals surface area contributed by atoms with Crippen molar-refractivity contribution < 1.29 is 23.9 Å². The zero-order valence-electron chi connectivity index (χ0n) is 19.4. The van der Waals surface area contributed by atoms with Gasteiger partial charge in [-0.3, -0.25) is 20.1 Å². The second-order valence-corrected chi connectivity index (χ2v) is 7.87. The minimum absolute atomic E-state index is 0.0787. The molecule has 0 saturated carbocycles. The average Bonchev–Trinajstić information content (AvgIpc) is 3.48. The highest BCUT2D eigenvalue weighted by atomic mass is 16.5. The molecule has 4 N–H and O–H groups in total. The molecule has 1 aliphatic rings. The van der Waals surface area contributed by atoms with E-state index in [1.54, 1.807) is 49.6 Å². The molecule has 180 valence electrons. The van der Waals surface area contributed by atoms with Gasteiger partial charge in [-0.1, -0.05) is 24.3 Å². The summed E-state index contributed by atoms with van der Waals surface area (Å²) in [4.78, 5) is 41.1. The van der Waals surface area contributed by atoms with Crippen molar-refractivity contribution >= 4 is 23.4 Å². The summed E-state index contributed by atoms with van der Waals surface area (Å²) in [6.07, 6.45) is 0. The number of carbonyl (C=O) groups is 3. The van der Waals surface area contributed by atoms with Gasteiger partial charge in [-0.25, -0.2) is 15.5 Å². The summed E-state index contributed by atoms with van der Waals surface area (Å²) >= 11 is 0. The molecule has 0 radical (unpaired) electrons. The predicted molar refractivity (Wildman–Crippen MR) is 132 cm³/mol. The van der Waals surface area contributed by atoms with Crippen molar-refractivity contribution in [2.24, 2.45) is 5.84 Å². The second kappa shape index (κ2) is 9.01. The summed E-state index contributed by atoms with van der Waals surface area (Å²) in [5, 5.41) is 7.32. The first-order valence-electron chi connectivity index (χ1n) is 10.9. The first-order chi connectivity index (χ1) is 17.5. The molecule has 0 aliphatic heterocycles. The third kappa shape index (κ3) is 3.48. The maximum atomic E-state index is 13.8. The second-order valence-electron chi connectivity index (χ2n) is 7.87. The number of hydrogen-bond acceptors (Lipinski definition) is 7. The van der Waals surface area contributed by atoms with Gasteiger partial charge in [-0.05, 0) is 42.5 Å². The Morgan fingerprint density at radius 2 is 1.69 bits per heavy atom. The van der Waals surface area contributed by atoms with Crippen LogP contribution >= 0.6 is 0 Å². The SMILES string of the molecule is COc1ccc(-c2[nH]nc3c2C(=O)c2c-3cccc2N(C(=O)NN)C(=O)c2ccccc2OC)cc1. The van der Waals surface area contributed by atoms with E-state index in [2.05, 4.69) is 10.2 Å². The van der Waals surface area contributed by atoms with E-state index in [0.717, 1.165) is 10.5 Å². The van der Waals surface area contributed by atoms with Gasteiger partial charge in [0.25, 0.3) is 5.91 Å². The molecule has 3 aromatic carbocycles. The molecule has 10 nitrogen and oxygen atoms in total. The van der Waals surface area contributed by atoms with Crippen molar-refractivity contribution in [3.8, 4) is 34.0 Å². The van der Waals surface area contributed by atoms with Crippen LogP contribution in [0.4, 0.5) is 10.5 Å². The number of amides is 3. The molecule has 3 amide bonds. The van der Waals surface area contributed by atoms with Gasteiger partial charge < -0.3 is 9.47 Å². The molecule has 0 spiro atoms. The number of rotatable bonds is 5. The smallest absolute Gasteiger partial charge is 0.343 e. The number of fused-ring (bicyclic) bond motifs is 3. The maximum Gasteiger partial charge on any atom is 0.343 e. The Morgan fingerprint density at radius 1 is 0.944 bits per heavy atom. The van der Waals surface area contributed by atoms with Gasteiger partial charge >= 0.3 is 6.03 Å². The zero-order chi connectivity index (χ0) is 25.4. The molecule has 1 heterocycles. The standard InChI is InChI=1S/C26H21N5O5/c1-35-15-12-10-14(11-13-15)22-21-23(30-29-22)17-7-5-8-18(20(17)24(21)32)31(26(34)28-27)25(33)16-6-3-4-9-19(16)36-2/h3-13H,27H2,1-2H3,(H,28,34)(H,29,30). The minimum atomic E-state index is -0.909. The normalized spacial score (nSPS) is 11.5. The van der Waals surface area contributed by atoms with Crippen molar-refractivity contribution in [3.05, 3.63) is 83.4 Å². The number of H-pyrrole nitrogens is 1.